The van der Waals surface area contributed by atoms with Gasteiger partial charge in [-0.15, -0.1) is 0 Å². The van der Waals surface area contributed by atoms with Gasteiger partial charge in [-0.1, -0.05) is 30.2 Å². The van der Waals surface area contributed by atoms with Gasteiger partial charge in [-0.2, -0.15) is 4.68 Å². The van der Waals surface area contributed by atoms with Crippen molar-refractivity contribution in [3.63, 3.8) is 0 Å². The molecule has 2 N–H and O–H groups in total. The summed E-state index contributed by atoms with van der Waals surface area (Å²) < 4.78 is 1.46. The monoisotopic (exact) mass is 247 g/mol. The Bertz CT molecular complexity index is 525. The lowest BCUT2D eigenvalue weighted by Crippen LogP contribution is -2.29. The Kier molecular flexibility index (Phi) is 3.52. The minimum absolute atomic E-state index is 0.315. The van der Waals surface area contributed by atoms with Crippen molar-refractivity contribution in [3.8, 4) is 5.69 Å². The van der Waals surface area contributed by atoms with Crippen LogP contribution >= 0.6 is 0 Å². The van der Waals surface area contributed by atoms with Crippen LogP contribution in [0.2, 0.25) is 0 Å². The zero-order chi connectivity index (χ0) is 13.0. The molecule has 7 nitrogen and oxygen atoms in total. The van der Waals surface area contributed by atoms with E-state index in [1.54, 1.807) is 6.92 Å². The molecule has 2 aromatic rings. The molecular formula is C11H13N5O2. The van der Waals surface area contributed by atoms with E-state index >= 15 is 0 Å². The van der Waals surface area contributed by atoms with E-state index in [1.807, 2.05) is 30.3 Å². The number of hydrogen-bond donors (Lipinski definition) is 2. The molecule has 0 radical (unpaired) electrons. The van der Waals surface area contributed by atoms with Crippen molar-refractivity contribution < 1.29 is 9.90 Å². The van der Waals surface area contributed by atoms with Gasteiger partial charge in [0.2, 0.25) is 5.95 Å². The first-order chi connectivity index (χ1) is 8.72. The predicted molar refractivity (Wildman–Crippen MR) is 64.5 cm³/mol. The fourth-order valence-corrected chi connectivity index (χ4v) is 1.51. The van der Waals surface area contributed by atoms with E-state index < -0.39 is 12.0 Å². The number of anilines is 1. The fourth-order valence-electron chi connectivity index (χ4n) is 1.51. The molecule has 0 bridgehead atoms. The number of carboxylic acid groups (broad SMARTS) is 1. The molecule has 0 aliphatic rings. The first kappa shape index (κ1) is 12.0. The predicted octanol–water partition coefficient (Wildman–Crippen LogP) is 0.937. The van der Waals surface area contributed by atoms with Gasteiger partial charge in [0.05, 0.1) is 5.69 Å². The van der Waals surface area contributed by atoms with Crippen molar-refractivity contribution in [2.45, 2.75) is 19.4 Å². The summed E-state index contributed by atoms with van der Waals surface area (Å²) in [7, 11) is 0. The van der Waals surface area contributed by atoms with E-state index in [2.05, 4.69) is 20.8 Å². The molecular weight excluding hydrogens is 234 g/mol. The maximum atomic E-state index is 11.0. The van der Waals surface area contributed by atoms with Crippen molar-refractivity contribution >= 4 is 11.9 Å². The number of benzene rings is 1. The number of aliphatic carboxylic acids is 1. The van der Waals surface area contributed by atoms with Crippen LogP contribution in [0.3, 0.4) is 0 Å². The van der Waals surface area contributed by atoms with Gasteiger partial charge in [0.25, 0.3) is 0 Å². The highest BCUT2D eigenvalue weighted by Crippen LogP contribution is 2.12. The van der Waals surface area contributed by atoms with E-state index in [1.165, 1.54) is 4.68 Å². The third kappa shape index (κ3) is 2.45. The van der Waals surface area contributed by atoms with Crippen LogP contribution in [0.25, 0.3) is 5.69 Å². The van der Waals surface area contributed by atoms with E-state index in [4.69, 9.17) is 5.11 Å². The van der Waals surface area contributed by atoms with Gasteiger partial charge < -0.3 is 10.4 Å². The third-order valence-electron chi connectivity index (χ3n) is 2.48. The zero-order valence-corrected chi connectivity index (χ0v) is 9.82. The fraction of sp³-hybridized carbons (Fsp3) is 0.273. The summed E-state index contributed by atoms with van der Waals surface area (Å²) >= 11 is 0. The van der Waals surface area contributed by atoms with E-state index in [9.17, 15) is 4.79 Å². The van der Waals surface area contributed by atoms with Crippen LogP contribution in [-0.4, -0.2) is 37.3 Å². The molecule has 1 heterocycles. The number of nitrogens with one attached hydrogen (secondary N) is 1. The quantitative estimate of drug-likeness (QED) is 0.816. The highest BCUT2D eigenvalue weighted by Gasteiger charge is 2.18. The summed E-state index contributed by atoms with van der Waals surface area (Å²) in [5, 5.41) is 23.0. The van der Waals surface area contributed by atoms with Gasteiger partial charge >= 0.3 is 5.97 Å². The molecule has 0 saturated heterocycles. The smallest absolute Gasteiger partial charge is 0.326 e. The van der Waals surface area contributed by atoms with Crippen molar-refractivity contribution in [1.29, 1.82) is 0 Å². The summed E-state index contributed by atoms with van der Waals surface area (Å²) in [5.41, 5.74) is 0.769. The number of para-hydroxylation sites is 1. The molecule has 94 valence electrons. The summed E-state index contributed by atoms with van der Waals surface area (Å²) in [6.07, 6.45) is 0.441. The molecule has 2 rings (SSSR count). The normalized spacial score (nSPS) is 12.1. The molecule has 0 fully saturated rings. The maximum absolute atomic E-state index is 11.0. The molecule has 0 spiro atoms. The Morgan fingerprint density at radius 3 is 2.78 bits per heavy atom. The number of tetrazole rings is 1. The lowest BCUT2D eigenvalue weighted by molar-refractivity contribution is -0.138. The molecule has 0 aliphatic carbocycles. The minimum atomic E-state index is -0.930. The van der Waals surface area contributed by atoms with Crippen LogP contribution in [0.5, 0.6) is 0 Å². The minimum Gasteiger partial charge on any atom is -0.480 e. The molecule has 0 unspecified atom stereocenters. The average Bonchev–Trinajstić information content (AvgIpc) is 2.84. The van der Waals surface area contributed by atoms with Crippen LogP contribution in [0.15, 0.2) is 30.3 Å². The van der Waals surface area contributed by atoms with Gasteiger partial charge in [-0.25, -0.2) is 4.79 Å². The zero-order valence-electron chi connectivity index (χ0n) is 9.82. The Morgan fingerprint density at radius 2 is 2.17 bits per heavy atom. The molecule has 7 heteroatoms. The molecule has 1 aromatic carbocycles. The van der Waals surface area contributed by atoms with E-state index in [-0.39, 0.29) is 0 Å². The molecule has 1 atom stereocenters. The number of carbonyl (C=O) groups is 1. The molecule has 0 saturated carbocycles. The largest absolute Gasteiger partial charge is 0.480 e. The molecule has 0 aliphatic heterocycles. The highest BCUT2D eigenvalue weighted by molar-refractivity contribution is 5.76. The Morgan fingerprint density at radius 1 is 1.44 bits per heavy atom. The SMILES string of the molecule is CC[C@@H](Nc1nnnn1-c1ccccc1)C(=O)O. The second-order valence-corrected chi connectivity index (χ2v) is 3.69. The first-order valence-electron chi connectivity index (χ1n) is 5.55. The number of carboxylic acids is 1. The summed E-state index contributed by atoms with van der Waals surface area (Å²) in [4.78, 5) is 11.0. The van der Waals surface area contributed by atoms with Gasteiger partial charge in [-0.3, -0.25) is 0 Å². The van der Waals surface area contributed by atoms with Crippen molar-refractivity contribution in [3.05, 3.63) is 30.3 Å². The molecule has 18 heavy (non-hydrogen) atoms. The maximum Gasteiger partial charge on any atom is 0.326 e. The second kappa shape index (κ2) is 5.26. The lowest BCUT2D eigenvalue weighted by Gasteiger charge is -2.12. The van der Waals surface area contributed by atoms with Gasteiger partial charge in [0, 0.05) is 0 Å². The molecule has 1 aromatic heterocycles. The van der Waals surface area contributed by atoms with Gasteiger partial charge in [0.15, 0.2) is 0 Å². The van der Waals surface area contributed by atoms with Crippen LogP contribution in [-0.2, 0) is 4.79 Å². The van der Waals surface area contributed by atoms with Gasteiger partial charge in [-0.05, 0) is 29.0 Å². The van der Waals surface area contributed by atoms with Crippen molar-refractivity contribution in [1.82, 2.24) is 20.2 Å². The Balaban J connectivity index is 2.26. The summed E-state index contributed by atoms with van der Waals surface area (Å²) in [5.74, 6) is -0.615. The average molecular weight is 247 g/mol. The lowest BCUT2D eigenvalue weighted by atomic mass is 10.2. The number of rotatable bonds is 5. The highest BCUT2D eigenvalue weighted by atomic mass is 16.4. The second-order valence-electron chi connectivity index (χ2n) is 3.69. The first-order valence-corrected chi connectivity index (χ1v) is 5.55. The summed E-state index contributed by atoms with van der Waals surface area (Å²) in [6, 6.07) is 8.56. The van der Waals surface area contributed by atoms with Gasteiger partial charge in [0.1, 0.15) is 6.04 Å². The van der Waals surface area contributed by atoms with Crippen LogP contribution in [0.4, 0.5) is 5.95 Å². The van der Waals surface area contributed by atoms with E-state index in [0.29, 0.717) is 12.4 Å². The van der Waals surface area contributed by atoms with E-state index in [0.717, 1.165) is 5.69 Å². The molecule has 0 amide bonds. The van der Waals surface area contributed by atoms with Crippen LogP contribution in [0, 0.1) is 0 Å². The Labute approximate surface area is 103 Å². The topological polar surface area (TPSA) is 92.9 Å². The van der Waals surface area contributed by atoms with Crippen LogP contribution < -0.4 is 5.32 Å². The Hall–Kier alpha value is -2.44. The number of nitrogens with zero attached hydrogens (tertiary/aromatic N) is 4. The standard InChI is InChI=1S/C11H13N5O2/c1-2-9(10(17)18)12-11-13-14-15-16(11)8-6-4-3-5-7-8/h3-7,9H,2H2,1H3,(H,17,18)(H,12,13,15)/t9-/m1/s1. The van der Waals surface area contributed by atoms with Crippen molar-refractivity contribution in [2.24, 2.45) is 0 Å². The number of hydrogen-bond acceptors (Lipinski definition) is 5. The summed E-state index contributed by atoms with van der Waals surface area (Å²) in [6.45, 7) is 1.78. The number of aromatic nitrogens is 4. The third-order valence-corrected chi connectivity index (χ3v) is 2.48. The van der Waals surface area contributed by atoms with Crippen molar-refractivity contribution in [2.75, 3.05) is 5.32 Å². The van der Waals surface area contributed by atoms with Crippen LogP contribution in [0.1, 0.15) is 13.3 Å².